The Hall–Kier alpha value is -5.57. The number of rotatable bonds is 54. The molecule has 0 aromatic carbocycles. The highest BCUT2D eigenvalue weighted by molar-refractivity contribution is 4.88. The fourth-order valence-electron chi connectivity index (χ4n) is 13.1. The first kappa shape index (κ1) is 99.6. The van der Waals surface area contributed by atoms with Gasteiger partial charge in [-0.15, -0.1) is 0 Å². The third kappa shape index (κ3) is 35.6. The number of nitrogens with two attached hydrogens (primary N) is 1. The van der Waals surface area contributed by atoms with Crippen molar-refractivity contribution in [2.24, 2.45) is 5.73 Å². The van der Waals surface area contributed by atoms with E-state index in [-0.39, 0.29) is 85.1 Å². The lowest BCUT2D eigenvalue weighted by Gasteiger charge is -2.33. The molecule has 0 bridgehead atoms. The minimum absolute atomic E-state index is 0.156. The van der Waals surface area contributed by atoms with Gasteiger partial charge in [-0.3, -0.25) is 9.80 Å². The highest BCUT2D eigenvalue weighted by Gasteiger charge is 2.27. The van der Waals surface area contributed by atoms with Crippen molar-refractivity contribution in [3.05, 3.63) is 94.4 Å². The molecule has 0 amide bonds. The van der Waals surface area contributed by atoms with Crippen molar-refractivity contribution in [2.75, 3.05) is 178 Å². The van der Waals surface area contributed by atoms with Crippen LogP contribution in [0.5, 0.6) is 0 Å². The van der Waals surface area contributed by atoms with Gasteiger partial charge >= 0.3 is 51.2 Å². The van der Waals surface area contributed by atoms with Crippen molar-refractivity contribution < 1.29 is 46.0 Å². The van der Waals surface area contributed by atoms with E-state index in [1.807, 2.05) is 30.9 Å². The van der Waals surface area contributed by atoms with Gasteiger partial charge < -0.3 is 92.6 Å². The quantitative estimate of drug-likeness (QED) is 0.0234. The Kier molecular flexibility index (Phi) is 49.4. The summed E-state index contributed by atoms with van der Waals surface area (Å²) in [6.45, 7) is 27.8. The third-order valence-corrected chi connectivity index (χ3v) is 20.3. The van der Waals surface area contributed by atoms with Crippen LogP contribution in [-0.2, 0) is 58.9 Å². The molecule has 111 heavy (non-hydrogen) atoms. The van der Waals surface area contributed by atoms with Crippen molar-refractivity contribution in [2.45, 2.75) is 239 Å². The molecule has 3 aromatic rings. The first-order chi connectivity index (χ1) is 53.0. The Morgan fingerprint density at radius 2 is 0.694 bits per heavy atom. The average molecular weight is 1590 g/mol. The van der Waals surface area contributed by atoms with Crippen molar-refractivity contribution in [3.63, 3.8) is 0 Å². The summed E-state index contributed by atoms with van der Waals surface area (Å²) in [7, 11) is 5.79. The Morgan fingerprint density at radius 1 is 0.369 bits per heavy atom. The maximum absolute atomic E-state index is 13.3. The Bertz CT molecular complexity index is 3610. The monoisotopic (exact) mass is 1590 g/mol. The number of aliphatic hydroxyl groups is 9. The molecule has 0 spiro atoms. The SMILES string of the molecule is CCC(O)Cn1c(=O)n(CC(O)CCCCCCNC)c(=O)n(CC(O)CNCCCCN)c1=O.CCC(O)Cn1c(=O)n(CC(O)CN2CCNCC2)c(=O)n(CC(O)CN2CCN(C)CC2)c1=O.CCC(O)Cn1c(=O)n(CC(O)CNCCCN(CC)CC)c(=O)n(CC(O)CN(C)CCCN(CC)CC)c1=O. The number of aliphatic hydroxyl groups excluding tert-OH is 9. The number of piperazine rings is 2. The van der Waals surface area contributed by atoms with E-state index in [4.69, 9.17) is 5.73 Å². The second-order valence-corrected chi connectivity index (χ2v) is 29.5. The minimum Gasteiger partial charge on any atom is -0.391 e. The van der Waals surface area contributed by atoms with E-state index in [1.54, 1.807) is 20.8 Å². The maximum atomic E-state index is 13.3. The molecule has 644 valence electrons. The summed E-state index contributed by atoms with van der Waals surface area (Å²) in [5.41, 5.74) is -2.41. The van der Waals surface area contributed by atoms with Crippen LogP contribution in [0.1, 0.15) is 126 Å². The van der Waals surface area contributed by atoms with E-state index in [0.717, 1.165) is 197 Å². The van der Waals surface area contributed by atoms with Gasteiger partial charge in [0.05, 0.1) is 114 Å². The lowest BCUT2D eigenvalue weighted by atomic mass is 10.1. The molecule has 0 radical (unpaired) electrons. The van der Waals surface area contributed by atoms with Crippen LogP contribution in [0.4, 0.5) is 0 Å². The number of hydrogen-bond acceptors (Lipinski definition) is 29. The molecule has 15 N–H and O–H groups in total. The van der Waals surface area contributed by atoms with E-state index in [9.17, 15) is 89.1 Å². The summed E-state index contributed by atoms with van der Waals surface area (Å²) in [5, 5.41) is 106. The lowest BCUT2D eigenvalue weighted by Crippen LogP contribution is -2.58. The summed E-state index contributed by atoms with van der Waals surface area (Å²) in [6, 6.07) is 0. The molecular weight excluding hydrogens is 1440 g/mol. The standard InChI is InChI=1S/C28H57N7O6.C23H46N6O6.C22H41N7O6/c1-7-23(36)20-33-26(39)34(21-24(37)18-29-14-12-16-31(8-2)9-3)28(41)35(27(33)40)22-25(38)19-30(6)15-13-17-32(10-4)11-5;1-3-18(30)15-27-21(33)28(16-19(31)10-6-4-5-8-12-25-2)23(35)29(22(27)34)17-20(32)14-26-13-9-7-11-24;1-3-17(30)14-27-20(33)28(15-18(31)12-25-6-4-23-5-7-25)22(35)29(21(27)34)16-19(32)13-26-10-8-24(2)9-11-26/h23-25,29,36-38H,7-22H2,1-6H3;18-20,25-26,30-32H,3-17,24H2,1-2H3;17-19,23,30-32H,3-16H2,1-2H3. The van der Waals surface area contributed by atoms with Crippen LogP contribution in [0.15, 0.2) is 43.2 Å². The molecule has 2 saturated heterocycles. The number of hydrogen-bond donors (Lipinski definition) is 14. The fourth-order valence-corrected chi connectivity index (χ4v) is 13.1. The molecule has 0 aliphatic carbocycles. The smallest absolute Gasteiger partial charge is 0.336 e. The van der Waals surface area contributed by atoms with E-state index in [0.29, 0.717) is 51.9 Å². The van der Waals surface area contributed by atoms with Crippen molar-refractivity contribution in [3.8, 4) is 0 Å². The summed E-state index contributed by atoms with van der Waals surface area (Å²) in [6.07, 6.45) is -0.344. The fraction of sp³-hybridized carbons (Fsp3) is 0.877. The van der Waals surface area contributed by atoms with Crippen molar-refractivity contribution >= 4 is 0 Å². The van der Waals surface area contributed by atoms with Crippen molar-refractivity contribution in [1.82, 2.24) is 91.8 Å². The second-order valence-electron chi connectivity index (χ2n) is 29.5. The zero-order chi connectivity index (χ0) is 82.7. The van der Waals surface area contributed by atoms with E-state index in [1.165, 1.54) is 0 Å². The first-order valence-corrected chi connectivity index (χ1v) is 40.7. The number of nitrogens with one attached hydrogen (secondary N) is 4. The Labute approximate surface area is 652 Å². The van der Waals surface area contributed by atoms with Gasteiger partial charge in [0.25, 0.3) is 0 Å². The van der Waals surface area contributed by atoms with Gasteiger partial charge in [0.2, 0.25) is 0 Å². The molecule has 2 aliphatic heterocycles. The normalized spacial score (nSPS) is 16.5. The van der Waals surface area contributed by atoms with Gasteiger partial charge in [-0.2, -0.15) is 0 Å². The summed E-state index contributed by atoms with van der Waals surface area (Å²) in [4.78, 5) is 131. The Balaban J connectivity index is 0.000000433. The predicted octanol–water partition coefficient (Wildman–Crippen LogP) is -7.37. The number of aromatic nitrogens is 9. The molecule has 5 rings (SSSR count). The van der Waals surface area contributed by atoms with Crippen LogP contribution in [0, 0.1) is 0 Å². The van der Waals surface area contributed by atoms with Gasteiger partial charge in [0.15, 0.2) is 0 Å². The van der Waals surface area contributed by atoms with Crippen molar-refractivity contribution in [1.29, 1.82) is 0 Å². The third-order valence-electron chi connectivity index (χ3n) is 20.3. The molecule has 3 aromatic heterocycles. The molecule has 38 nitrogen and oxygen atoms in total. The van der Waals surface area contributed by atoms with Gasteiger partial charge in [0.1, 0.15) is 0 Å². The molecule has 2 aliphatic rings. The predicted molar refractivity (Wildman–Crippen MR) is 429 cm³/mol. The van der Waals surface area contributed by atoms with Crippen LogP contribution in [0.25, 0.3) is 0 Å². The summed E-state index contributed by atoms with van der Waals surface area (Å²) >= 11 is 0. The maximum Gasteiger partial charge on any atom is 0.336 e. The number of nitrogens with zero attached hydrogens (tertiary/aromatic N) is 15. The van der Waals surface area contributed by atoms with Crippen LogP contribution < -0.4 is 78.2 Å². The van der Waals surface area contributed by atoms with Crippen LogP contribution in [0.3, 0.4) is 0 Å². The minimum atomic E-state index is -1.05. The zero-order valence-electron chi connectivity index (χ0n) is 68.5. The molecule has 9 unspecified atom stereocenters. The zero-order valence-corrected chi connectivity index (χ0v) is 68.5. The summed E-state index contributed by atoms with van der Waals surface area (Å²) in [5.74, 6) is 0. The number of β-amino-alcohol motifs (C(OH)–C–C–N with tert-alkyl or cyclic N) is 2. The average Bonchev–Trinajstić information content (AvgIpc) is 0.793. The molecule has 9 atom stereocenters. The molecule has 2 fully saturated rings. The molecule has 0 saturated carbocycles. The van der Waals surface area contributed by atoms with Gasteiger partial charge in [-0.05, 0) is 151 Å². The van der Waals surface area contributed by atoms with E-state index in [2.05, 4.69) is 68.6 Å². The second kappa shape index (κ2) is 55.1. The van der Waals surface area contributed by atoms with Gasteiger partial charge in [0, 0.05) is 85.1 Å². The topological polar surface area (TPSA) is 474 Å². The summed E-state index contributed by atoms with van der Waals surface area (Å²) < 4.78 is 7.45. The highest BCUT2D eigenvalue weighted by atomic mass is 16.3. The first-order valence-electron chi connectivity index (χ1n) is 40.7. The van der Waals surface area contributed by atoms with Crippen LogP contribution in [0.2, 0.25) is 0 Å². The van der Waals surface area contributed by atoms with E-state index >= 15 is 0 Å². The Morgan fingerprint density at radius 3 is 1.06 bits per heavy atom. The molecule has 38 heteroatoms. The largest absolute Gasteiger partial charge is 0.391 e. The van der Waals surface area contributed by atoms with Gasteiger partial charge in [-0.1, -0.05) is 67.7 Å². The van der Waals surface area contributed by atoms with Crippen LogP contribution >= 0.6 is 0 Å². The van der Waals surface area contributed by atoms with Crippen LogP contribution in [-0.4, -0.2) is 350 Å². The molecular formula is C73H144N20O18. The lowest BCUT2D eigenvalue weighted by molar-refractivity contribution is 0.0666. The highest BCUT2D eigenvalue weighted by Crippen LogP contribution is 2.08. The van der Waals surface area contributed by atoms with Gasteiger partial charge in [-0.25, -0.2) is 84.3 Å². The van der Waals surface area contributed by atoms with E-state index < -0.39 is 106 Å². The number of likely N-dealkylation sites (N-methyl/N-ethyl adjacent to an activating group) is 2. The molecule has 5 heterocycles. The number of unbranched alkanes of at least 4 members (excludes halogenated alkanes) is 4.